The summed E-state index contributed by atoms with van der Waals surface area (Å²) in [4.78, 5) is 19.5. The van der Waals surface area contributed by atoms with Gasteiger partial charge in [-0.1, -0.05) is 6.92 Å². The first-order valence-electron chi connectivity index (χ1n) is 6.41. The second-order valence-corrected chi connectivity index (χ2v) is 4.14. The first-order valence-corrected chi connectivity index (χ1v) is 6.41. The number of aromatic nitrogens is 2. The second-order valence-electron chi connectivity index (χ2n) is 4.14. The van der Waals surface area contributed by atoms with E-state index in [2.05, 4.69) is 25.3 Å². The molecule has 0 atom stereocenters. The molecule has 21 heavy (non-hydrogen) atoms. The van der Waals surface area contributed by atoms with Gasteiger partial charge in [-0.2, -0.15) is 13.2 Å². The number of rotatable bonds is 8. The summed E-state index contributed by atoms with van der Waals surface area (Å²) in [6.45, 7) is 1.15. The van der Waals surface area contributed by atoms with Crippen LogP contribution in [0.15, 0.2) is 12.4 Å². The predicted octanol–water partition coefficient (Wildman–Crippen LogP) is 1.61. The maximum absolute atomic E-state index is 11.8. The van der Waals surface area contributed by atoms with Gasteiger partial charge >= 0.3 is 6.18 Å². The van der Waals surface area contributed by atoms with Crippen LogP contribution in [-0.2, 0) is 4.74 Å². The summed E-state index contributed by atoms with van der Waals surface area (Å²) in [7, 11) is 0. The molecular formula is C12H17F3N4O2. The minimum Gasteiger partial charge on any atom is -0.370 e. The molecule has 0 radical (unpaired) electrons. The molecule has 1 rings (SSSR count). The summed E-state index contributed by atoms with van der Waals surface area (Å²) in [5, 5.41) is 5.40. The van der Waals surface area contributed by atoms with Gasteiger partial charge in [0.2, 0.25) is 0 Å². The molecular weight excluding hydrogens is 289 g/mol. The van der Waals surface area contributed by atoms with Crippen molar-refractivity contribution in [2.45, 2.75) is 19.5 Å². The lowest BCUT2D eigenvalue weighted by molar-refractivity contribution is -0.173. The largest absolute Gasteiger partial charge is 0.411 e. The Hall–Kier alpha value is -1.90. The zero-order chi connectivity index (χ0) is 15.7. The van der Waals surface area contributed by atoms with Crippen LogP contribution in [0.4, 0.5) is 19.0 Å². The van der Waals surface area contributed by atoms with Gasteiger partial charge in [0.25, 0.3) is 5.91 Å². The fourth-order valence-electron chi connectivity index (χ4n) is 1.30. The van der Waals surface area contributed by atoms with Gasteiger partial charge < -0.3 is 15.4 Å². The fraction of sp³-hybridized carbons (Fsp3) is 0.583. The number of hydrogen-bond acceptors (Lipinski definition) is 5. The lowest BCUT2D eigenvalue weighted by Gasteiger charge is -2.08. The molecule has 0 unspecified atom stereocenters. The number of anilines is 1. The molecule has 0 bridgehead atoms. The van der Waals surface area contributed by atoms with E-state index in [1.807, 2.05) is 6.92 Å². The van der Waals surface area contributed by atoms with Crippen LogP contribution in [-0.4, -0.2) is 48.4 Å². The summed E-state index contributed by atoms with van der Waals surface area (Å²) in [5.74, 6) is 0.0436. The lowest BCUT2D eigenvalue weighted by Crippen LogP contribution is -2.29. The van der Waals surface area contributed by atoms with Crippen molar-refractivity contribution < 1.29 is 22.7 Å². The van der Waals surface area contributed by atoms with Crippen LogP contribution >= 0.6 is 0 Å². The highest BCUT2D eigenvalue weighted by Gasteiger charge is 2.27. The van der Waals surface area contributed by atoms with Gasteiger partial charge in [-0.3, -0.25) is 4.79 Å². The third-order valence-electron chi connectivity index (χ3n) is 2.24. The van der Waals surface area contributed by atoms with Gasteiger partial charge in [-0.05, 0) is 6.42 Å². The first-order chi connectivity index (χ1) is 9.92. The van der Waals surface area contributed by atoms with Crippen LogP contribution in [0.2, 0.25) is 0 Å². The third-order valence-corrected chi connectivity index (χ3v) is 2.24. The Morgan fingerprint density at radius 2 is 2.05 bits per heavy atom. The van der Waals surface area contributed by atoms with Gasteiger partial charge in [0, 0.05) is 13.1 Å². The standard InChI is InChI=1S/C12H17F3N4O2/c1-2-3-16-10-7-18-9(6-19-10)11(20)17-4-5-21-8-12(13,14)15/h6-7H,2-5,8H2,1H3,(H,16,19)(H,17,20). The molecule has 1 heterocycles. The Kier molecular flexibility index (Phi) is 6.86. The molecule has 0 aromatic carbocycles. The maximum atomic E-state index is 11.8. The molecule has 1 amide bonds. The van der Waals surface area contributed by atoms with E-state index in [9.17, 15) is 18.0 Å². The minimum atomic E-state index is -4.36. The van der Waals surface area contributed by atoms with E-state index in [0.717, 1.165) is 13.0 Å². The summed E-state index contributed by atoms with van der Waals surface area (Å²) >= 11 is 0. The van der Waals surface area contributed by atoms with Crippen molar-refractivity contribution in [1.82, 2.24) is 15.3 Å². The van der Waals surface area contributed by atoms with E-state index < -0.39 is 18.7 Å². The number of carbonyl (C=O) groups excluding carboxylic acids is 1. The van der Waals surface area contributed by atoms with Crippen molar-refractivity contribution in [2.24, 2.45) is 0 Å². The van der Waals surface area contributed by atoms with Crippen LogP contribution in [0.25, 0.3) is 0 Å². The zero-order valence-corrected chi connectivity index (χ0v) is 11.5. The van der Waals surface area contributed by atoms with E-state index in [0.29, 0.717) is 5.82 Å². The van der Waals surface area contributed by atoms with E-state index >= 15 is 0 Å². The number of nitrogens with zero attached hydrogens (tertiary/aromatic N) is 2. The molecule has 9 heteroatoms. The van der Waals surface area contributed by atoms with E-state index in [4.69, 9.17) is 0 Å². The number of nitrogens with one attached hydrogen (secondary N) is 2. The first kappa shape index (κ1) is 17.2. The number of carbonyl (C=O) groups is 1. The molecule has 2 N–H and O–H groups in total. The molecule has 0 aliphatic heterocycles. The van der Waals surface area contributed by atoms with Gasteiger partial charge in [0.15, 0.2) is 0 Å². The van der Waals surface area contributed by atoms with Crippen LogP contribution in [0.3, 0.4) is 0 Å². The molecule has 1 aromatic heterocycles. The topological polar surface area (TPSA) is 76.1 Å². The number of hydrogen-bond donors (Lipinski definition) is 2. The monoisotopic (exact) mass is 306 g/mol. The molecule has 0 aliphatic rings. The van der Waals surface area contributed by atoms with Crippen molar-refractivity contribution in [3.05, 3.63) is 18.1 Å². The molecule has 0 spiro atoms. The van der Waals surface area contributed by atoms with Crippen molar-refractivity contribution in [1.29, 1.82) is 0 Å². The minimum absolute atomic E-state index is 0.0353. The number of halogens is 3. The van der Waals surface area contributed by atoms with Crippen LogP contribution < -0.4 is 10.6 Å². The number of alkyl halides is 3. The Morgan fingerprint density at radius 3 is 2.62 bits per heavy atom. The zero-order valence-electron chi connectivity index (χ0n) is 11.5. The lowest BCUT2D eigenvalue weighted by atomic mass is 10.4. The smallest absolute Gasteiger partial charge is 0.370 e. The normalized spacial score (nSPS) is 11.2. The highest BCUT2D eigenvalue weighted by molar-refractivity contribution is 5.91. The Balaban J connectivity index is 2.28. The average Bonchev–Trinajstić information content (AvgIpc) is 2.44. The van der Waals surface area contributed by atoms with E-state index in [1.165, 1.54) is 12.4 Å². The molecule has 1 aromatic rings. The molecule has 0 aliphatic carbocycles. The Labute approximate surface area is 120 Å². The summed E-state index contributed by atoms with van der Waals surface area (Å²) in [5.41, 5.74) is 0.0906. The predicted molar refractivity (Wildman–Crippen MR) is 70.0 cm³/mol. The van der Waals surface area contributed by atoms with Crippen molar-refractivity contribution >= 4 is 11.7 Å². The van der Waals surface area contributed by atoms with E-state index in [-0.39, 0.29) is 18.8 Å². The molecule has 0 saturated carbocycles. The number of amides is 1. The van der Waals surface area contributed by atoms with Crippen LogP contribution in [0.5, 0.6) is 0 Å². The molecule has 0 saturated heterocycles. The molecule has 6 nitrogen and oxygen atoms in total. The Morgan fingerprint density at radius 1 is 1.29 bits per heavy atom. The third kappa shape index (κ3) is 7.45. The van der Waals surface area contributed by atoms with E-state index in [1.54, 1.807) is 0 Å². The van der Waals surface area contributed by atoms with Crippen molar-refractivity contribution in [3.63, 3.8) is 0 Å². The maximum Gasteiger partial charge on any atom is 0.411 e. The highest BCUT2D eigenvalue weighted by Crippen LogP contribution is 2.13. The fourth-order valence-corrected chi connectivity index (χ4v) is 1.30. The molecule has 0 fully saturated rings. The Bertz CT molecular complexity index is 437. The second kappa shape index (κ2) is 8.40. The highest BCUT2D eigenvalue weighted by atomic mass is 19.4. The SMILES string of the molecule is CCCNc1cnc(C(=O)NCCOCC(F)(F)F)cn1. The quantitative estimate of drug-likeness (QED) is 0.714. The summed E-state index contributed by atoms with van der Waals surface area (Å²) < 4.78 is 39.8. The van der Waals surface area contributed by atoms with Gasteiger partial charge in [-0.25, -0.2) is 9.97 Å². The molecule has 118 valence electrons. The van der Waals surface area contributed by atoms with Crippen LogP contribution in [0, 0.1) is 0 Å². The number of ether oxygens (including phenoxy) is 1. The van der Waals surface area contributed by atoms with Gasteiger partial charge in [-0.15, -0.1) is 0 Å². The van der Waals surface area contributed by atoms with Crippen LogP contribution in [0.1, 0.15) is 23.8 Å². The summed E-state index contributed by atoms with van der Waals surface area (Å²) in [6.07, 6.45) is -0.715. The van der Waals surface area contributed by atoms with Crippen molar-refractivity contribution in [3.8, 4) is 0 Å². The summed E-state index contributed by atoms with van der Waals surface area (Å²) in [6, 6.07) is 0. The van der Waals surface area contributed by atoms with Crippen molar-refractivity contribution in [2.75, 3.05) is 31.6 Å². The van der Waals surface area contributed by atoms with Gasteiger partial charge in [0.05, 0.1) is 19.0 Å². The van der Waals surface area contributed by atoms with Gasteiger partial charge in [0.1, 0.15) is 18.1 Å². The average molecular weight is 306 g/mol.